The van der Waals surface area contributed by atoms with Crippen LogP contribution in [0.5, 0.6) is 5.75 Å². The molecule has 0 aliphatic rings. The molecule has 17 heavy (non-hydrogen) atoms. The SMILES string of the molecule is O=Cc1cccc(-c2cc(Cl)cc(Cl)c2)c1O. The van der Waals surface area contributed by atoms with E-state index >= 15 is 0 Å². The summed E-state index contributed by atoms with van der Waals surface area (Å²) in [4.78, 5) is 10.7. The second kappa shape index (κ2) is 4.78. The lowest BCUT2D eigenvalue weighted by atomic mass is 10.0. The first-order chi connectivity index (χ1) is 8.11. The van der Waals surface area contributed by atoms with E-state index < -0.39 is 0 Å². The van der Waals surface area contributed by atoms with Crippen LogP contribution >= 0.6 is 23.2 Å². The third-order valence-corrected chi connectivity index (χ3v) is 2.80. The maximum absolute atomic E-state index is 10.7. The van der Waals surface area contributed by atoms with E-state index in [9.17, 15) is 9.90 Å². The van der Waals surface area contributed by atoms with Crippen LogP contribution in [-0.4, -0.2) is 11.4 Å². The molecule has 0 fully saturated rings. The van der Waals surface area contributed by atoms with Crippen molar-refractivity contribution in [3.8, 4) is 16.9 Å². The van der Waals surface area contributed by atoms with Crippen molar-refractivity contribution in [2.45, 2.75) is 0 Å². The molecule has 2 aromatic rings. The van der Waals surface area contributed by atoms with Crippen LogP contribution in [0.3, 0.4) is 0 Å². The molecule has 0 spiro atoms. The number of para-hydroxylation sites is 1. The highest BCUT2D eigenvalue weighted by Crippen LogP contribution is 2.34. The molecule has 4 heteroatoms. The number of phenolic OH excluding ortho intramolecular Hbond substituents is 1. The number of benzene rings is 2. The highest BCUT2D eigenvalue weighted by Gasteiger charge is 2.09. The lowest BCUT2D eigenvalue weighted by molar-refractivity contribution is 0.112. The average molecular weight is 267 g/mol. The number of phenols is 1. The van der Waals surface area contributed by atoms with Gasteiger partial charge in [0.1, 0.15) is 5.75 Å². The second-order valence-electron chi connectivity index (χ2n) is 3.52. The summed E-state index contributed by atoms with van der Waals surface area (Å²) in [5.74, 6) is -0.0687. The number of hydrogen-bond acceptors (Lipinski definition) is 2. The fraction of sp³-hybridized carbons (Fsp3) is 0. The average Bonchev–Trinajstić information content (AvgIpc) is 2.28. The van der Waals surface area contributed by atoms with E-state index in [1.807, 2.05) is 0 Å². The van der Waals surface area contributed by atoms with E-state index in [4.69, 9.17) is 23.2 Å². The van der Waals surface area contributed by atoms with Crippen molar-refractivity contribution in [1.29, 1.82) is 0 Å². The predicted molar refractivity (Wildman–Crippen MR) is 69.0 cm³/mol. The largest absolute Gasteiger partial charge is 0.507 e. The summed E-state index contributed by atoms with van der Waals surface area (Å²) in [6.45, 7) is 0. The summed E-state index contributed by atoms with van der Waals surface area (Å²) >= 11 is 11.8. The van der Waals surface area contributed by atoms with Crippen LogP contribution in [-0.2, 0) is 0 Å². The number of halogens is 2. The van der Waals surface area contributed by atoms with Gasteiger partial charge in [-0.15, -0.1) is 0 Å². The summed E-state index contributed by atoms with van der Waals surface area (Å²) in [7, 11) is 0. The van der Waals surface area contributed by atoms with Crippen molar-refractivity contribution in [3.05, 3.63) is 52.0 Å². The normalized spacial score (nSPS) is 10.2. The van der Waals surface area contributed by atoms with Gasteiger partial charge < -0.3 is 5.11 Å². The number of carbonyl (C=O) groups is 1. The van der Waals surface area contributed by atoms with Crippen molar-refractivity contribution in [1.82, 2.24) is 0 Å². The van der Waals surface area contributed by atoms with Crippen LogP contribution in [0.25, 0.3) is 11.1 Å². The van der Waals surface area contributed by atoms with Gasteiger partial charge >= 0.3 is 0 Å². The van der Waals surface area contributed by atoms with Crippen molar-refractivity contribution >= 4 is 29.5 Å². The van der Waals surface area contributed by atoms with Gasteiger partial charge in [0, 0.05) is 15.6 Å². The zero-order valence-corrected chi connectivity index (χ0v) is 10.2. The molecule has 0 radical (unpaired) electrons. The molecule has 0 atom stereocenters. The van der Waals surface area contributed by atoms with E-state index in [0.29, 0.717) is 27.5 Å². The summed E-state index contributed by atoms with van der Waals surface area (Å²) in [6.07, 6.45) is 0.602. The highest BCUT2D eigenvalue weighted by molar-refractivity contribution is 6.35. The Kier molecular flexibility index (Phi) is 3.36. The van der Waals surface area contributed by atoms with Gasteiger partial charge in [-0.3, -0.25) is 4.79 Å². The van der Waals surface area contributed by atoms with Gasteiger partial charge in [-0.05, 0) is 29.8 Å². The van der Waals surface area contributed by atoms with Crippen LogP contribution in [0.1, 0.15) is 10.4 Å². The summed E-state index contributed by atoms with van der Waals surface area (Å²) < 4.78 is 0. The third-order valence-electron chi connectivity index (χ3n) is 2.37. The molecule has 0 amide bonds. The molecular weight excluding hydrogens is 259 g/mol. The Labute approximate surface area is 108 Å². The predicted octanol–water partition coefficient (Wildman–Crippen LogP) is 4.18. The summed E-state index contributed by atoms with van der Waals surface area (Å²) in [6, 6.07) is 9.89. The van der Waals surface area contributed by atoms with Gasteiger partial charge in [0.2, 0.25) is 0 Å². The second-order valence-corrected chi connectivity index (χ2v) is 4.39. The van der Waals surface area contributed by atoms with Crippen molar-refractivity contribution in [3.63, 3.8) is 0 Å². The molecule has 2 rings (SSSR count). The Morgan fingerprint density at radius 2 is 1.71 bits per heavy atom. The molecule has 0 bridgehead atoms. The zero-order valence-electron chi connectivity index (χ0n) is 8.65. The quantitative estimate of drug-likeness (QED) is 0.829. The van der Waals surface area contributed by atoms with Gasteiger partial charge in [0.15, 0.2) is 6.29 Å². The van der Waals surface area contributed by atoms with Gasteiger partial charge in [-0.1, -0.05) is 35.3 Å². The molecule has 86 valence electrons. The summed E-state index contributed by atoms with van der Waals surface area (Å²) in [5, 5.41) is 10.9. The molecule has 0 aliphatic heterocycles. The van der Waals surface area contributed by atoms with Gasteiger partial charge in [-0.25, -0.2) is 0 Å². The Morgan fingerprint density at radius 1 is 1.06 bits per heavy atom. The molecule has 2 nitrogen and oxygen atoms in total. The molecule has 0 aliphatic carbocycles. The monoisotopic (exact) mass is 266 g/mol. The van der Waals surface area contributed by atoms with Crippen LogP contribution in [0.15, 0.2) is 36.4 Å². The van der Waals surface area contributed by atoms with Crippen LogP contribution in [0, 0.1) is 0 Å². The van der Waals surface area contributed by atoms with E-state index in [2.05, 4.69) is 0 Å². The number of rotatable bonds is 2. The third kappa shape index (κ3) is 2.43. The fourth-order valence-corrected chi connectivity index (χ4v) is 2.12. The maximum atomic E-state index is 10.7. The Balaban J connectivity index is 2.64. The molecule has 0 saturated carbocycles. The Bertz CT molecular complexity index is 559. The van der Waals surface area contributed by atoms with Crippen molar-refractivity contribution in [2.75, 3.05) is 0 Å². The minimum Gasteiger partial charge on any atom is -0.507 e. The first-order valence-corrected chi connectivity index (χ1v) is 5.61. The standard InChI is InChI=1S/C13H8Cl2O2/c14-10-4-9(5-11(15)6-10)12-3-1-2-8(7-16)13(12)17/h1-7,17H. The van der Waals surface area contributed by atoms with Crippen LogP contribution in [0.2, 0.25) is 10.0 Å². The van der Waals surface area contributed by atoms with Crippen molar-refractivity contribution in [2.24, 2.45) is 0 Å². The van der Waals surface area contributed by atoms with Crippen LogP contribution in [0.4, 0.5) is 0 Å². The molecule has 0 unspecified atom stereocenters. The summed E-state index contributed by atoms with van der Waals surface area (Å²) in [5.41, 5.74) is 1.43. The smallest absolute Gasteiger partial charge is 0.153 e. The van der Waals surface area contributed by atoms with E-state index in [1.165, 1.54) is 6.07 Å². The minimum absolute atomic E-state index is 0.0687. The van der Waals surface area contributed by atoms with Crippen molar-refractivity contribution < 1.29 is 9.90 Å². The van der Waals surface area contributed by atoms with Crippen LogP contribution < -0.4 is 0 Å². The number of hydrogen-bond donors (Lipinski definition) is 1. The maximum Gasteiger partial charge on any atom is 0.153 e. The first-order valence-electron chi connectivity index (χ1n) is 4.85. The molecule has 2 aromatic carbocycles. The molecule has 0 aromatic heterocycles. The lowest BCUT2D eigenvalue weighted by Crippen LogP contribution is -1.85. The lowest BCUT2D eigenvalue weighted by Gasteiger charge is -2.07. The number of carbonyl (C=O) groups excluding carboxylic acids is 1. The zero-order chi connectivity index (χ0) is 12.4. The van der Waals surface area contributed by atoms with Gasteiger partial charge in [0.05, 0.1) is 5.56 Å². The minimum atomic E-state index is -0.0687. The Morgan fingerprint density at radius 3 is 2.29 bits per heavy atom. The highest BCUT2D eigenvalue weighted by atomic mass is 35.5. The number of aromatic hydroxyl groups is 1. The molecular formula is C13H8Cl2O2. The van der Waals surface area contributed by atoms with E-state index in [1.54, 1.807) is 30.3 Å². The number of aldehydes is 1. The van der Waals surface area contributed by atoms with Gasteiger partial charge in [-0.2, -0.15) is 0 Å². The first kappa shape index (κ1) is 12.0. The topological polar surface area (TPSA) is 37.3 Å². The van der Waals surface area contributed by atoms with E-state index in [-0.39, 0.29) is 11.3 Å². The van der Waals surface area contributed by atoms with E-state index in [0.717, 1.165) is 0 Å². The molecule has 0 saturated heterocycles. The molecule has 1 N–H and O–H groups in total. The Hall–Kier alpha value is -1.51. The molecule has 0 heterocycles. The van der Waals surface area contributed by atoms with Gasteiger partial charge in [0.25, 0.3) is 0 Å². The fourth-order valence-electron chi connectivity index (χ4n) is 1.60.